The molecular weight excluding hydrogens is 365 g/mol. The summed E-state index contributed by atoms with van der Waals surface area (Å²) in [5.74, 6) is -0.0539. The van der Waals surface area contributed by atoms with Crippen LogP contribution in [0.2, 0.25) is 0 Å². The average Bonchev–Trinajstić information content (AvgIpc) is 2.72. The molecule has 0 aromatic carbocycles. The Morgan fingerprint density at radius 2 is 1.76 bits per heavy atom. The molecule has 0 amide bonds. The first-order valence-electron chi connectivity index (χ1n) is 10.8. The second kappa shape index (κ2) is 7.38. The predicted molar refractivity (Wildman–Crippen MR) is 115 cm³/mol. The molecule has 1 aromatic heterocycles. The van der Waals surface area contributed by atoms with Crippen LogP contribution in [0.25, 0.3) is 0 Å². The van der Waals surface area contributed by atoms with E-state index < -0.39 is 12.7 Å². The lowest BCUT2D eigenvalue weighted by Crippen LogP contribution is -2.43. The Bertz CT molecular complexity index is 762. The number of carbonyl (C=O) groups excluding carboxylic acids is 1. The van der Waals surface area contributed by atoms with E-state index in [1.165, 1.54) is 0 Å². The zero-order valence-electron chi connectivity index (χ0n) is 19.3. The van der Waals surface area contributed by atoms with Crippen molar-refractivity contribution in [3.05, 3.63) is 23.5 Å². The number of aromatic nitrogens is 1. The molecule has 2 heterocycles. The number of nitrogens with zero attached hydrogens (tertiary/aromatic N) is 1. The van der Waals surface area contributed by atoms with Crippen LogP contribution in [0, 0.1) is 12.3 Å². The second-order valence-corrected chi connectivity index (χ2v) is 10.8. The van der Waals surface area contributed by atoms with Gasteiger partial charge in [-0.1, -0.05) is 6.42 Å². The van der Waals surface area contributed by atoms with Gasteiger partial charge in [-0.15, -0.1) is 0 Å². The van der Waals surface area contributed by atoms with E-state index in [1.54, 1.807) is 0 Å². The normalized spacial score (nSPS) is 22.3. The van der Waals surface area contributed by atoms with Crippen LogP contribution in [-0.2, 0) is 25.3 Å². The molecule has 2 aliphatic rings. The molecule has 3 rings (SSSR count). The Balaban J connectivity index is 1.68. The van der Waals surface area contributed by atoms with Crippen LogP contribution in [0.1, 0.15) is 85.4 Å². The molecule has 160 valence electrons. The Morgan fingerprint density at radius 3 is 2.21 bits per heavy atom. The minimum atomic E-state index is -0.445. The van der Waals surface area contributed by atoms with E-state index in [9.17, 15) is 4.79 Å². The van der Waals surface area contributed by atoms with Gasteiger partial charge in [-0.2, -0.15) is 0 Å². The summed E-state index contributed by atoms with van der Waals surface area (Å²) in [6.07, 6.45) is 6.33. The SMILES string of the molecule is Cc1cc(CCC2(C(=O)OC(C)(C)C)CCC2)ncc1B1OC(C)(C)C(C)(C)O1. The number of hydrogen-bond acceptors (Lipinski definition) is 5. The minimum absolute atomic E-state index is 0.0539. The van der Waals surface area contributed by atoms with Gasteiger partial charge in [-0.05, 0) is 92.7 Å². The number of aryl methyl sites for hydroxylation is 2. The van der Waals surface area contributed by atoms with E-state index in [1.807, 2.05) is 27.0 Å². The van der Waals surface area contributed by atoms with E-state index >= 15 is 0 Å². The number of rotatable bonds is 5. The van der Waals surface area contributed by atoms with Gasteiger partial charge in [0.15, 0.2) is 0 Å². The maximum atomic E-state index is 12.7. The summed E-state index contributed by atoms with van der Waals surface area (Å²) in [6.45, 7) is 16.1. The molecule has 0 bridgehead atoms. The molecule has 0 unspecified atom stereocenters. The summed E-state index contributed by atoms with van der Waals surface area (Å²) in [5.41, 5.74) is 1.55. The average molecular weight is 401 g/mol. The van der Waals surface area contributed by atoms with Crippen molar-refractivity contribution in [1.29, 1.82) is 0 Å². The summed E-state index contributed by atoms with van der Waals surface area (Å²) < 4.78 is 18.0. The van der Waals surface area contributed by atoms with Crippen molar-refractivity contribution in [3.8, 4) is 0 Å². The van der Waals surface area contributed by atoms with E-state index in [0.29, 0.717) is 0 Å². The molecular formula is C23H36BNO4. The van der Waals surface area contributed by atoms with Gasteiger partial charge < -0.3 is 14.0 Å². The predicted octanol–water partition coefficient (Wildman–Crippen LogP) is 4.13. The first-order valence-corrected chi connectivity index (χ1v) is 10.8. The third-order valence-electron chi connectivity index (χ3n) is 6.72. The quantitative estimate of drug-likeness (QED) is 0.549. The molecule has 0 atom stereocenters. The van der Waals surface area contributed by atoms with Gasteiger partial charge in [0, 0.05) is 17.4 Å². The van der Waals surface area contributed by atoms with Gasteiger partial charge in [0.2, 0.25) is 0 Å². The lowest BCUT2D eigenvalue weighted by atomic mass is 9.65. The number of carbonyl (C=O) groups is 1. The van der Waals surface area contributed by atoms with Crippen molar-refractivity contribution in [1.82, 2.24) is 4.98 Å². The summed E-state index contributed by atoms with van der Waals surface area (Å²) in [6, 6.07) is 2.10. The number of hydrogen-bond donors (Lipinski definition) is 0. The highest BCUT2D eigenvalue weighted by molar-refractivity contribution is 6.62. The van der Waals surface area contributed by atoms with Crippen LogP contribution in [-0.4, -0.2) is 34.9 Å². The fourth-order valence-electron chi connectivity index (χ4n) is 3.89. The molecule has 6 heteroatoms. The molecule has 1 saturated carbocycles. The lowest BCUT2D eigenvalue weighted by Gasteiger charge is -2.41. The molecule has 1 aliphatic carbocycles. The third kappa shape index (κ3) is 4.53. The highest BCUT2D eigenvalue weighted by atomic mass is 16.7. The Kier molecular flexibility index (Phi) is 5.68. The molecule has 29 heavy (non-hydrogen) atoms. The highest BCUT2D eigenvalue weighted by Gasteiger charge is 2.52. The fraction of sp³-hybridized carbons (Fsp3) is 0.739. The smallest absolute Gasteiger partial charge is 0.460 e. The molecule has 1 aromatic rings. The lowest BCUT2D eigenvalue weighted by molar-refractivity contribution is -0.174. The molecule has 0 spiro atoms. The third-order valence-corrected chi connectivity index (χ3v) is 6.72. The Morgan fingerprint density at radius 1 is 1.17 bits per heavy atom. The number of esters is 1. The molecule has 1 saturated heterocycles. The van der Waals surface area contributed by atoms with Gasteiger partial charge in [-0.3, -0.25) is 9.78 Å². The number of ether oxygens (including phenoxy) is 1. The van der Waals surface area contributed by atoms with E-state index in [4.69, 9.17) is 14.0 Å². The fourth-order valence-corrected chi connectivity index (χ4v) is 3.89. The van der Waals surface area contributed by atoms with E-state index in [0.717, 1.165) is 48.8 Å². The molecule has 0 N–H and O–H groups in total. The van der Waals surface area contributed by atoms with Crippen molar-refractivity contribution >= 4 is 18.6 Å². The Hall–Kier alpha value is -1.40. The topological polar surface area (TPSA) is 57.7 Å². The van der Waals surface area contributed by atoms with Crippen LogP contribution in [0.3, 0.4) is 0 Å². The van der Waals surface area contributed by atoms with Crippen LogP contribution < -0.4 is 5.46 Å². The van der Waals surface area contributed by atoms with Crippen LogP contribution in [0.4, 0.5) is 0 Å². The zero-order valence-corrected chi connectivity index (χ0v) is 19.3. The van der Waals surface area contributed by atoms with Crippen molar-refractivity contribution in [2.24, 2.45) is 5.41 Å². The standard InChI is InChI=1S/C23H36BNO4/c1-16-14-17(10-13-23(11-9-12-23)19(26)27-20(2,3)4)25-15-18(16)24-28-21(5,6)22(7,8)29-24/h14-15H,9-13H2,1-8H3. The maximum Gasteiger partial charge on any atom is 0.496 e. The van der Waals surface area contributed by atoms with Gasteiger partial charge in [0.05, 0.1) is 16.6 Å². The van der Waals surface area contributed by atoms with Crippen molar-refractivity contribution in [2.45, 2.75) is 104 Å². The summed E-state index contributed by atoms with van der Waals surface area (Å²) >= 11 is 0. The summed E-state index contributed by atoms with van der Waals surface area (Å²) in [7, 11) is -0.402. The monoisotopic (exact) mass is 401 g/mol. The zero-order chi connectivity index (χ0) is 21.7. The molecule has 1 aliphatic heterocycles. The largest absolute Gasteiger partial charge is 0.496 e. The van der Waals surface area contributed by atoms with Crippen molar-refractivity contribution < 1.29 is 18.8 Å². The van der Waals surface area contributed by atoms with Crippen LogP contribution >= 0.6 is 0 Å². The number of pyridine rings is 1. The highest BCUT2D eigenvalue weighted by Crippen LogP contribution is 2.46. The summed E-state index contributed by atoms with van der Waals surface area (Å²) in [5, 5.41) is 0. The van der Waals surface area contributed by atoms with Gasteiger partial charge in [0.1, 0.15) is 5.60 Å². The van der Waals surface area contributed by atoms with Gasteiger partial charge in [0.25, 0.3) is 0 Å². The van der Waals surface area contributed by atoms with Crippen molar-refractivity contribution in [3.63, 3.8) is 0 Å². The molecule has 2 fully saturated rings. The molecule has 0 radical (unpaired) electrons. The van der Waals surface area contributed by atoms with E-state index in [2.05, 4.69) is 45.7 Å². The first kappa shape index (κ1) is 22.3. The second-order valence-electron chi connectivity index (χ2n) is 10.8. The summed E-state index contributed by atoms with van der Waals surface area (Å²) in [4.78, 5) is 17.4. The van der Waals surface area contributed by atoms with Gasteiger partial charge in [-0.25, -0.2) is 0 Å². The van der Waals surface area contributed by atoms with Crippen LogP contribution in [0.15, 0.2) is 12.3 Å². The minimum Gasteiger partial charge on any atom is -0.460 e. The van der Waals surface area contributed by atoms with Crippen molar-refractivity contribution in [2.75, 3.05) is 0 Å². The van der Waals surface area contributed by atoms with Gasteiger partial charge >= 0.3 is 13.1 Å². The van der Waals surface area contributed by atoms with Crippen LogP contribution in [0.5, 0.6) is 0 Å². The first-order chi connectivity index (χ1) is 13.2. The Labute approximate surface area is 176 Å². The molecule has 5 nitrogen and oxygen atoms in total. The van der Waals surface area contributed by atoms with E-state index in [-0.39, 0.29) is 22.6 Å². The maximum absolute atomic E-state index is 12.7.